The molecule has 0 nitrogen and oxygen atoms in total. The Morgan fingerprint density at radius 2 is 2.00 bits per heavy atom. The van der Waals surface area contributed by atoms with Gasteiger partial charge >= 0.3 is 0 Å². The summed E-state index contributed by atoms with van der Waals surface area (Å²) in [6.07, 6.45) is 18.1. The van der Waals surface area contributed by atoms with Gasteiger partial charge in [0.05, 0.1) is 0 Å². The summed E-state index contributed by atoms with van der Waals surface area (Å²) in [5.41, 5.74) is 4.62. The molecule has 0 heteroatoms. The summed E-state index contributed by atoms with van der Waals surface area (Å²) in [6, 6.07) is 0. The minimum absolute atomic E-state index is 0.602. The van der Waals surface area contributed by atoms with Gasteiger partial charge in [-0.25, -0.2) is 0 Å². The van der Waals surface area contributed by atoms with Crippen molar-refractivity contribution in [1.29, 1.82) is 0 Å². The van der Waals surface area contributed by atoms with Gasteiger partial charge in [0.15, 0.2) is 0 Å². The van der Waals surface area contributed by atoms with Crippen molar-refractivity contribution in [3.8, 4) is 0 Å². The topological polar surface area (TPSA) is 0 Å². The van der Waals surface area contributed by atoms with Gasteiger partial charge in [0.1, 0.15) is 0 Å². The molecule has 0 aliphatic heterocycles. The maximum absolute atomic E-state index is 2.31. The van der Waals surface area contributed by atoms with E-state index in [4.69, 9.17) is 0 Å². The van der Waals surface area contributed by atoms with Crippen molar-refractivity contribution < 1.29 is 0 Å². The van der Waals surface area contributed by atoms with Crippen molar-refractivity contribution in [2.24, 2.45) is 5.92 Å². The van der Waals surface area contributed by atoms with E-state index in [1.165, 1.54) is 11.1 Å². The van der Waals surface area contributed by atoms with E-state index in [0.717, 1.165) is 12.8 Å². The van der Waals surface area contributed by atoms with Crippen LogP contribution in [0.1, 0.15) is 12.8 Å². The lowest BCUT2D eigenvalue weighted by Crippen LogP contribution is -2.09. The first kappa shape index (κ1) is 7.14. The molecule has 0 bridgehead atoms. The second kappa shape index (κ2) is 2.59. The van der Waals surface area contributed by atoms with E-state index < -0.39 is 0 Å². The normalized spacial score (nSPS) is 28.9. The molecule has 13 heavy (non-hydrogen) atoms. The van der Waals surface area contributed by atoms with Gasteiger partial charge in [-0.15, -0.1) is 0 Å². The summed E-state index contributed by atoms with van der Waals surface area (Å²) in [6.45, 7) is 0. The molecular formula is C13H12. The van der Waals surface area contributed by atoms with Gasteiger partial charge in [-0.3, -0.25) is 0 Å². The first-order valence-corrected chi connectivity index (χ1v) is 4.88. The van der Waals surface area contributed by atoms with Gasteiger partial charge in [-0.2, -0.15) is 0 Å². The van der Waals surface area contributed by atoms with Crippen LogP contribution in [0.4, 0.5) is 0 Å². The van der Waals surface area contributed by atoms with Gasteiger partial charge < -0.3 is 0 Å². The van der Waals surface area contributed by atoms with E-state index in [0.29, 0.717) is 5.92 Å². The number of rotatable bonds is 0. The molecule has 0 aromatic heterocycles. The van der Waals surface area contributed by atoms with E-state index in [2.05, 4.69) is 42.5 Å². The molecule has 0 saturated heterocycles. The molecule has 3 rings (SSSR count). The molecule has 3 aliphatic carbocycles. The molecule has 0 saturated carbocycles. The highest BCUT2D eigenvalue weighted by Gasteiger charge is 2.23. The average molecular weight is 168 g/mol. The van der Waals surface area contributed by atoms with E-state index >= 15 is 0 Å². The fourth-order valence-corrected chi connectivity index (χ4v) is 2.35. The lowest BCUT2D eigenvalue weighted by atomic mass is 9.80. The van der Waals surface area contributed by atoms with Gasteiger partial charge in [0.2, 0.25) is 0 Å². The summed E-state index contributed by atoms with van der Waals surface area (Å²) in [5.74, 6) is 0.602. The number of fused-ring (bicyclic) bond motifs is 2. The van der Waals surface area contributed by atoms with Crippen LogP contribution >= 0.6 is 0 Å². The third-order valence-corrected chi connectivity index (χ3v) is 3.06. The highest BCUT2D eigenvalue weighted by atomic mass is 14.3. The molecule has 0 heterocycles. The predicted molar refractivity (Wildman–Crippen MR) is 55.3 cm³/mol. The molecule has 0 fully saturated rings. The van der Waals surface area contributed by atoms with Gasteiger partial charge in [-0.1, -0.05) is 48.1 Å². The van der Waals surface area contributed by atoms with Crippen LogP contribution in [0, 0.1) is 5.92 Å². The zero-order chi connectivity index (χ0) is 8.67. The minimum atomic E-state index is 0.602. The van der Waals surface area contributed by atoms with Crippen LogP contribution in [0.2, 0.25) is 0 Å². The standard InChI is InChI=1S/C13H12/c1-2-6-12-10(4-1)8-9-11-5-3-7-13(11)12/h1-3,5,7-9,13H,4,6H2. The van der Waals surface area contributed by atoms with Crippen molar-refractivity contribution in [1.82, 2.24) is 0 Å². The maximum atomic E-state index is 2.31. The third kappa shape index (κ3) is 0.983. The van der Waals surface area contributed by atoms with Gasteiger partial charge in [0.25, 0.3) is 0 Å². The van der Waals surface area contributed by atoms with Crippen molar-refractivity contribution in [3.63, 3.8) is 0 Å². The number of allylic oxidation sites excluding steroid dienone is 10. The first-order chi connectivity index (χ1) is 6.45. The summed E-state index contributed by atoms with van der Waals surface area (Å²) in [4.78, 5) is 0. The smallest absolute Gasteiger partial charge is 0.0240 e. The first-order valence-electron chi connectivity index (χ1n) is 4.88. The van der Waals surface area contributed by atoms with Crippen LogP contribution in [0.3, 0.4) is 0 Å². The molecule has 0 amide bonds. The van der Waals surface area contributed by atoms with Crippen molar-refractivity contribution in [3.05, 3.63) is 59.3 Å². The Hall–Kier alpha value is -1.30. The monoisotopic (exact) mass is 168 g/mol. The van der Waals surface area contributed by atoms with Crippen molar-refractivity contribution in [2.75, 3.05) is 0 Å². The fraction of sp³-hybridized carbons (Fsp3) is 0.231. The summed E-state index contributed by atoms with van der Waals surface area (Å²) in [5, 5.41) is 0. The molecule has 0 N–H and O–H groups in total. The van der Waals surface area contributed by atoms with E-state index in [1.807, 2.05) is 0 Å². The SMILES string of the molecule is C1=CC2C(=C1)C=CC1=C2CC=CC1. The van der Waals surface area contributed by atoms with Crippen LogP contribution in [-0.2, 0) is 0 Å². The largest absolute Gasteiger partial charge is 0.0841 e. The molecular weight excluding hydrogens is 156 g/mol. The summed E-state index contributed by atoms with van der Waals surface area (Å²) < 4.78 is 0. The second-order valence-corrected chi connectivity index (χ2v) is 3.79. The van der Waals surface area contributed by atoms with Crippen molar-refractivity contribution >= 4 is 0 Å². The highest BCUT2D eigenvalue weighted by Crippen LogP contribution is 2.38. The Bertz CT molecular complexity index is 386. The molecule has 0 spiro atoms. The fourth-order valence-electron chi connectivity index (χ4n) is 2.35. The molecule has 3 aliphatic rings. The third-order valence-electron chi connectivity index (χ3n) is 3.06. The molecule has 0 radical (unpaired) electrons. The van der Waals surface area contributed by atoms with Crippen LogP contribution in [-0.4, -0.2) is 0 Å². The average Bonchev–Trinajstić information content (AvgIpc) is 2.65. The highest BCUT2D eigenvalue weighted by molar-refractivity contribution is 5.52. The zero-order valence-electron chi connectivity index (χ0n) is 7.53. The lowest BCUT2D eigenvalue weighted by Gasteiger charge is -2.24. The zero-order valence-corrected chi connectivity index (χ0v) is 7.53. The van der Waals surface area contributed by atoms with Gasteiger partial charge in [-0.05, 0) is 24.0 Å². The molecule has 64 valence electrons. The van der Waals surface area contributed by atoms with Crippen LogP contribution < -0.4 is 0 Å². The number of hydrogen-bond donors (Lipinski definition) is 0. The number of hydrogen-bond acceptors (Lipinski definition) is 0. The molecule has 1 atom stereocenters. The van der Waals surface area contributed by atoms with E-state index in [9.17, 15) is 0 Å². The summed E-state index contributed by atoms with van der Waals surface area (Å²) >= 11 is 0. The Balaban J connectivity index is 2.07. The summed E-state index contributed by atoms with van der Waals surface area (Å²) in [7, 11) is 0. The quantitative estimate of drug-likeness (QED) is 0.487. The maximum Gasteiger partial charge on any atom is 0.0240 e. The minimum Gasteiger partial charge on any atom is -0.0841 e. The Morgan fingerprint density at radius 3 is 3.00 bits per heavy atom. The van der Waals surface area contributed by atoms with Crippen LogP contribution in [0.25, 0.3) is 0 Å². The Kier molecular flexibility index (Phi) is 1.42. The Labute approximate surface area is 78.7 Å². The molecule has 0 aromatic rings. The lowest BCUT2D eigenvalue weighted by molar-refractivity contribution is 0.844. The van der Waals surface area contributed by atoms with Crippen LogP contribution in [0.15, 0.2) is 59.3 Å². The van der Waals surface area contributed by atoms with E-state index in [1.54, 1.807) is 5.57 Å². The molecule has 0 aromatic carbocycles. The second-order valence-electron chi connectivity index (χ2n) is 3.79. The van der Waals surface area contributed by atoms with Crippen LogP contribution in [0.5, 0.6) is 0 Å². The Morgan fingerprint density at radius 1 is 1.08 bits per heavy atom. The van der Waals surface area contributed by atoms with E-state index in [-0.39, 0.29) is 0 Å². The van der Waals surface area contributed by atoms with Crippen molar-refractivity contribution in [2.45, 2.75) is 12.8 Å². The van der Waals surface area contributed by atoms with Gasteiger partial charge in [0, 0.05) is 5.92 Å². The predicted octanol–water partition coefficient (Wildman–Crippen LogP) is 3.32. The molecule has 1 unspecified atom stereocenters.